The average Bonchev–Trinajstić information content (AvgIpc) is 3.16. The molecule has 7 heteroatoms. The predicted octanol–water partition coefficient (Wildman–Crippen LogP) is 2.72. The number of pyridine rings is 2. The third kappa shape index (κ3) is 3.94. The summed E-state index contributed by atoms with van der Waals surface area (Å²) >= 11 is 0. The number of fused-ring (bicyclic) bond motifs is 1. The van der Waals surface area contributed by atoms with Crippen molar-refractivity contribution in [3.8, 4) is 0 Å². The molecule has 0 aliphatic carbocycles. The van der Waals surface area contributed by atoms with Crippen LogP contribution in [0.5, 0.6) is 0 Å². The largest absolute Gasteiger partial charge is 0.379 e. The lowest BCUT2D eigenvalue weighted by atomic mass is 9.97. The van der Waals surface area contributed by atoms with Crippen molar-refractivity contribution in [1.29, 1.82) is 0 Å². The Morgan fingerprint density at radius 1 is 1.12 bits per heavy atom. The molecule has 1 fully saturated rings. The van der Waals surface area contributed by atoms with Crippen LogP contribution in [0.25, 0.3) is 11.2 Å². The predicted molar refractivity (Wildman–Crippen MR) is 104 cm³/mol. The Bertz CT molecular complexity index is 834. The Hall–Kier alpha value is -2.67. The highest BCUT2D eigenvalue weighted by molar-refractivity contribution is 5.84. The topological polar surface area (TPSA) is 81.8 Å². The van der Waals surface area contributed by atoms with Crippen LogP contribution in [0, 0.1) is 5.92 Å². The Morgan fingerprint density at radius 2 is 2.00 bits per heavy atom. The lowest BCUT2D eigenvalue weighted by Gasteiger charge is -2.29. The number of likely N-dealkylation sites (tertiary alicyclic amines) is 1. The van der Waals surface area contributed by atoms with Crippen LogP contribution in [0.4, 0.5) is 11.5 Å². The van der Waals surface area contributed by atoms with Crippen molar-refractivity contribution in [1.82, 2.24) is 24.8 Å². The minimum atomic E-state index is 0.703. The van der Waals surface area contributed by atoms with E-state index in [9.17, 15) is 0 Å². The molecule has 3 aromatic rings. The number of aromatic amines is 1. The SMILES string of the molecule is CN1CCC(CNc2ccc(CNc3ccnc4[nH]cnc34)cn2)CC1. The number of anilines is 2. The molecule has 0 saturated carbocycles. The number of nitrogens with zero attached hydrogens (tertiary/aromatic N) is 4. The first-order valence-electron chi connectivity index (χ1n) is 9.17. The molecule has 26 heavy (non-hydrogen) atoms. The molecule has 0 radical (unpaired) electrons. The number of H-pyrrole nitrogens is 1. The fourth-order valence-electron chi connectivity index (χ4n) is 3.34. The molecule has 136 valence electrons. The Morgan fingerprint density at radius 3 is 2.81 bits per heavy atom. The van der Waals surface area contributed by atoms with Crippen molar-refractivity contribution in [3.63, 3.8) is 0 Å². The van der Waals surface area contributed by atoms with Crippen LogP contribution in [-0.2, 0) is 6.54 Å². The summed E-state index contributed by atoms with van der Waals surface area (Å²) in [5, 5.41) is 6.89. The highest BCUT2D eigenvalue weighted by atomic mass is 15.1. The zero-order valence-electron chi connectivity index (χ0n) is 15.1. The number of aromatic nitrogens is 4. The third-order valence-electron chi connectivity index (χ3n) is 5.04. The number of rotatable bonds is 6. The lowest BCUT2D eigenvalue weighted by Crippen LogP contribution is -2.33. The highest BCUT2D eigenvalue weighted by Gasteiger charge is 2.16. The van der Waals surface area contributed by atoms with E-state index in [1.54, 1.807) is 12.5 Å². The normalized spacial score (nSPS) is 16.0. The highest BCUT2D eigenvalue weighted by Crippen LogP contribution is 2.19. The van der Waals surface area contributed by atoms with Crippen LogP contribution in [-0.4, -0.2) is 51.5 Å². The summed E-state index contributed by atoms with van der Waals surface area (Å²) in [6, 6.07) is 6.11. The number of piperidine rings is 1. The van der Waals surface area contributed by atoms with E-state index in [1.807, 2.05) is 12.3 Å². The summed E-state index contributed by atoms with van der Waals surface area (Å²) in [6.07, 6.45) is 7.89. The molecule has 1 aliphatic heterocycles. The second-order valence-corrected chi connectivity index (χ2v) is 6.99. The van der Waals surface area contributed by atoms with Gasteiger partial charge in [-0.3, -0.25) is 0 Å². The maximum absolute atomic E-state index is 4.55. The summed E-state index contributed by atoms with van der Waals surface area (Å²) in [4.78, 5) is 18.5. The second-order valence-electron chi connectivity index (χ2n) is 6.99. The van der Waals surface area contributed by atoms with Gasteiger partial charge in [0.05, 0.1) is 12.0 Å². The van der Waals surface area contributed by atoms with Gasteiger partial charge in [-0.2, -0.15) is 0 Å². The van der Waals surface area contributed by atoms with E-state index in [2.05, 4.69) is 54.6 Å². The van der Waals surface area contributed by atoms with Gasteiger partial charge < -0.3 is 20.5 Å². The molecule has 4 heterocycles. The maximum atomic E-state index is 4.55. The van der Waals surface area contributed by atoms with Crippen LogP contribution in [0.15, 0.2) is 36.9 Å². The molecular weight excluding hydrogens is 326 g/mol. The van der Waals surface area contributed by atoms with Crippen molar-refractivity contribution in [2.24, 2.45) is 5.92 Å². The molecule has 3 N–H and O–H groups in total. The molecule has 7 nitrogen and oxygen atoms in total. The van der Waals surface area contributed by atoms with Crippen LogP contribution in [0.1, 0.15) is 18.4 Å². The molecule has 3 aromatic heterocycles. The molecule has 0 aromatic carbocycles. The van der Waals surface area contributed by atoms with Gasteiger partial charge in [0.25, 0.3) is 0 Å². The molecule has 1 aliphatic rings. The van der Waals surface area contributed by atoms with Crippen LogP contribution < -0.4 is 10.6 Å². The van der Waals surface area contributed by atoms with Crippen molar-refractivity contribution in [2.75, 3.05) is 37.3 Å². The summed E-state index contributed by atoms with van der Waals surface area (Å²) in [7, 11) is 2.20. The lowest BCUT2D eigenvalue weighted by molar-refractivity contribution is 0.226. The molecule has 0 unspecified atom stereocenters. The van der Waals surface area contributed by atoms with E-state index in [4.69, 9.17) is 0 Å². The van der Waals surface area contributed by atoms with Crippen LogP contribution in [0.2, 0.25) is 0 Å². The van der Waals surface area contributed by atoms with Crippen molar-refractivity contribution < 1.29 is 0 Å². The smallest absolute Gasteiger partial charge is 0.159 e. The first-order valence-corrected chi connectivity index (χ1v) is 9.17. The minimum Gasteiger partial charge on any atom is -0.379 e. The van der Waals surface area contributed by atoms with Crippen molar-refractivity contribution in [2.45, 2.75) is 19.4 Å². The van der Waals surface area contributed by atoms with Gasteiger partial charge in [0.2, 0.25) is 0 Å². The molecule has 4 rings (SSSR count). The Balaban J connectivity index is 1.29. The zero-order valence-corrected chi connectivity index (χ0v) is 15.1. The van der Waals surface area contributed by atoms with Gasteiger partial charge in [-0.25, -0.2) is 15.0 Å². The fraction of sp³-hybridized carbons (Fsp3) is 0.421. The number of hydrogen-bond donors (Lipinski definition) is 3. The molecule has 0 bridgehead atoms. The fourth-order valence-corrected chi connectivity index (χ4v) is 3.34. The van der Waals surface area contributed by atoms with E-state index in [0.29, 0.717) is 6.54 Å². The molecule has 0 atom stereocenters. The zero-order chi connectivity index (χ0) is 17.8. The molecule has 0 amide bonds. The molecule has 0 spiro atoms. The summed E-state index contributed by atoms with van der Waals surface area (Å²) in [5.41, 5.74) is 3.76. The summed E-state index contributed by atoms with van der Waals surface area (Å²) in [6.45, 7) is 4.10. The monoisotopic (exact) mass is 351 g/mol. The maximum Gasteiger partial charge on any atom is 0.159 e. The Labute approximate surface area is 153 Å². The Kier molecular flexibility index (Phi) is 4.97. The van der Waals surface area contributed by atoms with Gasteiger partial charge in [-0.15, -0.1) is 0 Å². The average molecular weight is 351 g/mol. The quantitative estimate of drug-likeness (QED) is 0.633. The summed E-state index contributed by atoms with van der Waals surface area (Å²) < 4.78 is 0. The number of imidazole rings is 1. The van der Waals surface area contributed by atoms with Crippen LogP contribution in [0.3, 0.4) is 0 Å². The summed E-state index contributed by atoms with van der Waals surface area (Å²) in [5.74, 6) is 1.70. The van der Waals surface area contributed by atoms with Gasteiger partial charge in [-0.05, 0) is 56.6 Å². The van der Waals surface area contributed by atoms with Gasteiger partial charge in [0, 0.05) is 25.5 Å². The molecular formula is C19H25N7. The number of hydrogen-bond acceptors (Lipinski definition) is 6. The van der Waals surface area contributed by atoms with E-state index in [0.717, 1.165) is 40.7 Å². The van der Waals surface area contributed by atoms with Gasteiger partial charge in [0.1, 0.15) is 11.3 Å². The second kappa shape index (κ2) is 7.70. The van der Waals surface area contributed by atoms with E-state index < -0.39 is 0 Å². The third-order valence-corrected chi connectivity index (χ3v) is 5.04. The van der Waals surface area contributed by atoms with E-state index >= 15 is 0 Å². The first-order chi connectivity index (χ1) is 12.8. The minimum absolute atomic E-state index is 0.703. The van der Waals surface area contributed by atoms with Crippen LogP contribution >= 0.6 is 0 Å². The van der Waals surface area contributed by atoms with Crippen molar-refractivity contribution in [3.05, 3.63) is 42.5 Å². The molecule has 1 saturated heterocycles. The number of nitrogens with one attached hydrogen (secondary N) is 3. The van der Waals surface area contributed by atoms with Gasteiger partial charge >= 0.3 is 0 Å². The first kappa shape index (κ1) is 16.8. The van der Waals surface area contributed by atoms with E-state index in [-0.39, 0.29) is 0 Å². The van der Waals surface area contributed by atoms with E-state index in [1.165, 1.54) is 25.9 Å². The van der Waals surface area contributed by atoms with Crippen molar-refractivity contribution >= 4 is 22.7 Å². The standard InChI is InChI=1S/C19H25N7/c1-26-8-5-14(6-9-26)10-22-17-3-2-15(12-23-17)11-21-16-4-7-20-19-18(16)24-13-25-19/h2-4,7,12-14H,5-6,8-11H2,1H3,(H,22,23)(H2,20,21,24,25). The van der Waals surface area contributed by atoms with Gasteiger partial charge in [-0.1, -0.05) is 6.07 Å². The van der Waals surface area contributed by atoms with Gasteiger partial charge in [0.15, 0.2) is 5.65 Å².